The van der Waals surface area contributed by atoms with Gasteiger partial charge in [0, 0.05) is 43.5 Å². The van der Waals surface area contributed by atoms with Crippen molar-refractivity contribution in [2.45, 2.75) is 11.4 Å². The summed E-state index contributed by atoms with van der Waals surface area (Å²) in [6.45, 7) is 3.98. The summed E-state index contributed by atoms with van der Waals surface area (Å²) in [5.41, 5.74) is 7.33. The fourth-order valence-corrected chi connectivity index (χ4v) is 3.00. The molecule has 6 nitrogen and oxygen atoms in total. The molecule has 0 spiro atoms. The lowest BCUT2D eigenvalue weighted by Gasteiger charge is -2.35. The van der Waals surface area contributed by atoms with Crippen LogP contribution < -0.4 is 10.6 Å². The first-order valence-corrected chi connectivity index (χ1v) is 9.18. The number of benzene rings is 1. The molecule has 1 aromatic carbocycles. The molecular weight excluding hydrogens is 447 g/mol. The quantitative estimate of drug-likeness (QED) is 0.321. The van der Waals surface area contributed by atoms with E-state index in [4.69, 9.17) is 5.73 Å². The normalized spacial score (nSPS) is 15.0. The number of aliphatic imine (C=N–C) groups is 1. The van der Waals surface area contributed by atoms with Crippen LogP contribution in [0.5, 0.6) is 0 Å². The molecule has 1 aliphatic heterocycles. The van der Waals surface area contributed by atoms with Gasteiger partial charge in [0.15, 0.2) is 5.96 Å². The Hall–Kier alpha value is -1.55. The molecule has 0 atom stereocenters. The van der Waals surface area contributed by atoms with E-state index in [1.807, 2.05) is 6.07 Å². The second-order valence-corrected chi connectivity index (χ2v) is 6.43. The van der Waals surface area contributed by atoms with Gasteiger partial charge in [-0.15, -0.1) is 35.7 Å². The van der Waals surface area contributed by atoms with E-state index in [1.165, 1.54) is 10.5 Å². The minimum Gasteiger partial charge on any atom is -0.370 e. The summed E-state index contributed by atoms with van der Waals surface area (Å²) in [6.07, 6.45) is 5.62. The molecule has 1 saturated heterocycles. The van der Waals surface area contributed by atoms with Crippen LogP contribution in [0.3, 0.4) is 0 Å². The molecule has 25 heavy (non-hydrogen) atoms. The van der Waals surface area contributed by atoms with E-state index in [-0.39, 0.29) is 24.0 Å². The molecule has 8 heteroatoms. The molecule has 0 amide bonds. The molecule has 1 aliphatic rings. The topological polar surface area (TPSA) is 70.6 Å². The zero-order valence-electron chi connectivity index (χ0n) is 14.2. The first-order valence-electron chi connectivity index (χ1n) is 7.96. The average molecular weight is 470 g/mol. The molecule has 0 saturated carbocycles. The Morgan fingerprint density at radius 1 is 1.12 bits per heavy atom. The number of hydrogen-bond donors (Lipinski definition) is 1. The summed E-state index contributed by atoms with van der Waals surface area (Å²) in [5, 5.41) is 0. The third-order valence-corrected chi connectivity index (χ3v) is 4.76. The summed E-state index contributed by atoms with van der Waals surface area (Å²) < 4.78 is 0. The van der Waals surface area contributed by atoms with Crippen molar-refractivity contribution in [3.63, 3.8) is 0 Å². The van der Waals surface area contributed by atoms with Crippen LogP contribution in [0.2, 0.25) is 0 Å². The molecule has 0 bridgehead atoms. The van der Waals surface area contributed by atoms with Crippen LogP contribution >= 0.6 is 35.7 Å². The van der Waals surface area contributed by atoms with E-state index >= 15 is 0 Å². The maximum atomic E-state index is 6.16. The summed E-state index contributed by atoms with van der Waals surface area (Å²) in [4.78, 5) is 18.7. The second kappa shape index (κ2) is 9.81. The number of hydrogen-bond acceptors (Lipinski definition) is 5. The zero-order chi connectivity index (χ0) is 16.8. The van der Waals surface area contributed by atoms with Crippen molar-refractivity contribution in [3.8, 4) is 0 Å². The smallest absolute Gasteiger partial charge is 0.225 e. The maximum absolute atomic E-state index is 6.16. The molecular formula is C17H23IN6S. The van der Waals surface area contributed by atoms with Crippen molar-refractivity contribution in [2.24, 2.45) is 10.7 Å². The molecule has 0 aliphatic carbocycles. The van der Waals surface area contributed by atoms with Crippen molar-refractivity contribution in [1.29, 1.82) is 0 Å². The van der Waals surface area contributed by atoms with Gasteiger partial charge in [0.1, 0.15) is 0 Å². The van der Waals surface area contributed by atoms with Gasteiger partial charge in [0.25, 0.3) is 0 Å². The highest BCUT2D eigenvalue weighted by Crippen LogP contribution is 2.15. The zero-order valence-corrected chi connectivity index (χ0v) is 17.4. The standard InChI is InChI=1S/C17H22N6S.HI/c1-24-15-5-3-14(4-6-15)13-21-16(18)22-9-11-23(12-10-22)17-19-7-2-8-20-17;/h2-8H,9-13H2,1H3,(H2,18,21);1H. The molecule has 2 aromatic rings. The SMILES string of the molecule is CSc1ccc(CN=C(N)N2CCN(c3ncccn3)CC2)cc1.I. The van der Waals surface area contributed by atoms with Gasteiger partial charge in [-0.3, -0.25) is 0 Å². The van der Waals surface area contributed by atoms with Crippen LogP contribution in [0.15, 0.2) is 52.6 Å². The van der Waals surface area contributed by atoms with E-state index < -0.39 is 0 Å². The molecule has 134 valence electrons. The summed E-state index contributed by atoms with van der Waals surface area (Å²) in [5.74, 6) is 1.39. The Kier molecular flexibility index (Phi) is 7.76. The van der Waals surface area contributed by atoms with Crippen LogP contribution in [-0.2, 0) is 6.54 Å². The molecule has 3 rings (SSSR count). The van der Waals surface area contributed by atoms with E-state index in [9.17, 15) is 0 Å². The van der Waals surface area contributed by atoms with Crippen molar-refractivity contribution in [1.82, 2.24) is 14.9 Å². The highest BCUT2D eigenvalue weighted by Gasteiger charge is 2.19. The largest absolute Gasteiger partial charge is 0.370 e. The van der Waals surface area contributed by atoms with Gasteiger partial charge in [0.2, 0.25) is 5.95 Å². The van der Waals surface area contributed by atoms with Gasteiger partial charge in [-0.2, -0.15) is 0 Å². The minimum absolute atomic E-state index is 0. The molecule has 2 N–H and O–H groups in total. The highest BCUT2D eigenvalue weighted by molar-refractivity contribution is 14.0. The van der Waals surface area contributed by atoms with Crippen molar-refractivity contribution < 1.29 is 0 Å². The second-order valence-electron chi connectivity index (χ2n) is 5.55. The van der Waals surface area contributed by atoms with Crippen molar-refractivity contribution >= 4 is 47.6 Å². The number of piperazine rings is 1. The van der Waals surface area contributed by atoms with Crippen molar-refractivity contribution in [3.05, 3.63) is 48.3 Å². The molecule has 2 heterocycles. The fourth-order valence-electron chi connectivity index (χ4n) is 2.59. The molecule has 1 fully saturated rings. The van der Waals surface area contributed by atoms with Gasteiger partial charge in [-0.25, -0.2) is 15.0 Å². The Bertz CT molecular complexity index is 671. The monoisotopic (exact) mass is 470 g/mol. The number of halogens is 1. The van der Waals surface area contributed by atoms with Gasteiger partial charge >= 0.3 is 0 Å². The van der Waals surface area contributed by atoms with Crippen LogP contribution in [0, 0.1) is 0 Å². The third kappa shape index (κ3) is 5.46. The number of rotatable bonds is 4. The Morgan fingerprint density at radius 2 is 1.76 bits per heavy atom. The van der Waals surface area contributed by atoms with E-state index in [2.05, 4.69) is 55.3 Å². The highest BCUT2D eigenvalue weighted by atomic mass is 127. The van der Waals surface area contributed by atoms with Gasteiger partial charge in [-0.1, -0.05) is 12.1 Å². The van der Waals surface area contributed by atoms with Crippen LogP contribution in [-0.4, -0.2) is 53.3 Å². The number of nitrogens with two attached hydrogens (primary N) is 1. The molecule has 1 aromatic heterocycles. The Balaban J connectivity index is 0.00000225. The predicted molar refractivity (Wildman–Crippen MR) is 115 cm³/mol. The first-order chi connectivity index (χ1) is 11.8. The predicted octanol–water partition coefficient (Wildman–Crippen LogP) is 2.45. The third-order valence-electron chi connectivity index (χ3n) is 4.02. The molecule has 0 unspecified atom stereocenters. The maximum Gasteiger partial charge on any atom is 0.225 e. The Labute approximate surface area is 169 Å². The van der Waals surface area contributed by atoms with Crippen molar-refractivity contribution in [2.75, 3.05) is 37.3 Å². The number of aromatic nitrogens is 2. The van der Waals surface area contributed by atoms with Gasteiger partial charge < -0.3 is 15.5 Å². The Morgan fingerprint density at radius 3 is 2.36 bits per heavy atom. The summed E-state index contributed by atoms with van der Waals surface area (Å²) in [7, 11) is 0. The summed E-state index contributed by atoms with van der Waals surface area (Å²) in [6, 6.07) is 10.3. The number of guanidine groups is 1. The average Bonchev–Trinajstić information content (AvgIpc) is 2.67. The van der Waals surface area contributed by atoms with E-state index in [0.717, 1.165) is 32.1 Å². The number of anilines is 1. The number of thioether (sulfide) groups is 1. The van der Waals surface area contributed by atoms with Gasteiger partial charge in [0.05, 0.1) is 6.54 Å². The van der Waals surface area contributed by atoms with E-state index in [1.54, 1.807) is 24.2 Å². The van der Waals surface area contributed by atoms with Crippen LogP contribution in [0.1, 0.15) is 5.56 Å². The minimum atomic E-state index is 0. The van der Waals surface area contributed by atoms with E-state index in [0.29, 0.717) is 12.5 Å². The summed E-state index contributed by atoms with van der Waals surface area (Å²) >= 11 is 1.74. The number of nitrogens with zero attached hydrogens (tertiary/aromatic N) is 5. The van der Waals surface area contributed by atoms with Crippen LogP contribution in [0.25, 0.3) is 0 Å². The van der Waals surface area contributed by atoms with Gasteiger partial charge in [-0.05, 0) is 30.0 Å². The lowest BCUT2D eigenvalue weighted by Crippen LogP contribution is -2.51. The lowest BCUT2D eigenvalue weighted by molar-refractivity contribution is 0.378. The van der Waals surface area contributed by atoms with Crippen LogP contribution in [0.4, 0.5) is 5.95 Å². The first kappa shape index (κ1) is 19.8. The fraction of sp³-hybridized carbons (Fsp3) is 0.353. The lowest BCUT2D eigenvalue weighted by atomic mass is 10.2. The molecule has 0 radical (unpaired) electrons.